The van der Waals surface area contributed by atoms with E-state index in [0.717, 1.165) is 42.5 Å². The average molecular weight is 1060 g/mol. The zero-order valence-corrected chi connectivity index (χ0v) is 42.1. The van der Waals surface area contributed by atoms with Gasteiger partial charge in [0, 0.05) is 79.2 Å². The minimum atomic E-state index is -1.41. The molecule has 7 atom stereocenters. The number of aliphatic hydroxyl groups excluding tert-OH is 4. The molecule has 4 fully saturated rings. The van der Waals surface area contributed by atoms with Gasteiger partial charge in [-0.3, -0.25) is 13.8 Å². The highest BCUT2D eigenvalue weighted by Gasteiger charge is 2.53. The topological polar surface area (TPSA) is 299 Å². The van der Waals surface area contributed by atoms with Crippen LogP contribution in [0.3, 0.4) is 0 Å². The summed E-state index contributed by atoms with van der Waals surface area (Å²) in [6.45, 7) is 3.00. The van der Waals surface area contributed by atoms with Gasteiger partial charge in [0.15, 0.2) is 0 Å². The number of hydrogen-bond donors (Lipinski definition) is 9. The lowest BCUT2D eigenvalue weighted by molar-refractivity contribution is 0.0941. The van der Waals surface area contributed by atoms with Crippen molar-refractivity contribution in [2.75, 3.05) is 48.1 Å². The van der Waals surface area contributed by atoms with E-state index in [-0.39, 0.29) is 67.0 Å². The summed E-state index contributed by atoms with van der Waals surface area (Å²) < 4.78 is 11.8. The molecule has 73 heavy (non-hydrogen) atoms. The molecule has 6 aromatic rings. The monoisotopic (exact) mass is 1050 g/mol. The number of carbonyl (C=O) groups is 2. The standard InChI is InChI=1S/C24H26ClN7O3.C19H19ClN6O3S.C6H11NO/c25-19-6-14(2-3-15(19)12-33)8-28-22-18(23(35)29-10-21-26-4-1-5-27-21)9-30-24(31-22)32-11-16-7-17(16)20(32)13-34;1-30(29)19-25-9-14(18(28)24-10-16-21-5-2-6-22-16)17(26-19)23-8-12-3-4-13(11-27)15(20)7-12;8-3-6-5-1-4(5)2-7-6/h1-6,9,16-17,20,33-34H,7-8,10-13H2,(H,29,35)(H,28,30,31);2-7,9,27H,8,10-11H2,1H3,(H,24,28)(H,23,25,26);4-8H,1-3H2. The third kappa shape index (κ3) is 13.8. The summed E-state index contributed by atoms with van der Waals surface area (Å²) >= 11 is 12.4. The molecule has 9 N–H and O–H groups in total. The van der Waals surface area contributed by atoms with Crippen molar-refractivity contribution in [2.24, 2.45) is 23.7 Å². The number of carbonyl (C=O) groups excluding carboxylic acids is 2. The van der Waals surface area contributed by atoms with Gasteiger partial charge in [-0.2, -0.15) is 4.98 Å². The van der Waals surface area contributed by atoms with Crippen molar-refractivity contribution in [3.8, 4) is 0 Å². The first-order valence-corrected chi connectivity index (χ1v) is 25.9. The number of anilines is 3. The van der Waals surface area contributed by atoms with Gasteiger partial charge < -0.3 is 51.9 Å². The Kier molecular flexibility index (Phi) is 18.2. The molecule has 10 rings (SSSR count). The van der Waals surface area contributed by atoms with Crippen molar-refractivity contribution in [3.05, 3.63) is 141 Å². The molecule has 2 aliphatic heterocycles. The summed E-state index contributed by atoms with van der Waals surface area (Å²) in [4.78, 5) is 61.5. The lowest BCUT2D eigenvalue weighted by Gasteiger charge is -2.26. The van der Waals surface area contributed by atoms with Crippen LogP contribution in [0.5, 0.6) is 0 Å². The number of fused-ring (bicyclic) bond motifs is 2. The first-order chi connectivity index (χ1) is 35.5. The van der Waals surface area contributed by atoms with Gasteiger partial charge >= 0.3 is 0 Å². The molecule has 0 spiro atoms. The minimum Gasteiger partial charge on any atom is -0.395 e. The third-order valence-corrected chi connectivity index (χ3v) is 14.3. The van der Waals surface area contributed by atoms with Gasteiger partial charge in [0.25, 0.3) is 11.8 Å². The van der Waals surface area contributed by atoms with Gasteiger partial charge in [0.1, 0.15) is 34.4 Å². The molecule has 384 valence electrons. The number of hydrogen-bond acceptors (Lipinski definition) is 19. The maximum absolute atomic E-state index is 13.0. The predicted octanol–water partition coefficient (Wildman–Crippen LogP) is 3.05. The number of aliphatic hydroxyl groups is 4. The van der Waals surface area contributed by atoms with Crippen molar-refractivity contribution in [2.45, 2.75) is 69.5 Å². The van der Waals surface area contributed by atoms with Gasteiger partial charge in [-0.15, -0.1) is 0 Å². The van der Waals surface area contributed by atoms with E-state index in [2.05, 4.69) is 66.5 Å². The van der Waals surface area contributed by atoms with Crippen LogP contribution < -0.4 is 31.5 Å². The van der Waals surface area contributed by atoms with Crippen LogP contribution in [0.15, 0.2) is 90.9 Å². The second-order valence-electron chi connectivity index (χ2n) is 17.8. The van der Waals surface area contributed by atoms with Crippen LogP contribution in [0.4, 0.5) is 17.6 Å². The Hall–Kier alpha value is -6.37. The number of halogens is 2. The van der Waals surface area contributed by atoms with Crippen LogP contribution in [-0.4, -0.2) is 121 Å². The highest BCUT2D eigenvalue weighted by atomic mass is 35.5. The van der Waals surface area contributed by atoms with Crippen molar-refractivity contribution in [1.82, 2.24) is 55.8 Å². The second kappa shape index (κ2) is 25.0. The molecule has 2 amide bonds. The average Bonchev–Trinajstić information content (AvgIpc) is 4.31. The summed E-state index contributed by atoms with van der Waals surface area (Å²) in [5, 5.41) is 53.3. The number of piperidine rings is 2. The van der Waals surface area contributed by atoms with E-state index in [0.29, 0.717) is 82.2 Å². The number of nitrogens with one attached hydrogen (secondary N) is 5. The van der Waals surface area contributed by atoms with E-state index in [9.17, 15) is 29.1 Å². The number of benzene rings is 2. The van der Waals surface area contributed by atoms with E-state index >= 15 is 0 Å². The molecule has 4 aliphatic rings. The van der Waals surface area contributed by atoms with Crippen LogP contribution >= 0.6 is 23.2 Å². The smallest absolute Gasteiger partial charge is 0.256 e. The molecule has 4 aromatic heterocycles. The molecular formula is C49H56Cl2N14O7S. The zero-order chi connectivity index (χ0) is 51.4. The number of amides is 2. The number of rotatable bonds is 18. The molecule has 7 unspecified atom stereocenters. The number of aromatic nitrogens is 8. The van der Waals surface area contributed by atoms with Gasteiger partial charge in [-0.1, -0.05) is 47.5 Å². The number of nitrogens with zero attached hydrogens (tertiary/aromatic N) is 9. The Balaban J connectivity index is 0.000000170. The molecule has 24 heteroatoms. The van der Waals surface area contributed by atoms with E-state index in [1.807, 2.05) is 11.0 Å². The second-order valence-corrected chi connectivity index (χ2v) is 19.9. The van der Waals surface area contributed by atoms with Crippen LogP contribution in [0.1, 0.15) is 67.5 Å². The zero-order valence-electron chi connectivity index (χ0n) is 39.7. The summed E-state index contributed by atoms with van der Waals surface area (Å²) in [5.74, 6) is 4.07. The first-order valence-electron chi connectivity index (χ1n) is 23.6. The van der Waals surface area contributed by atoms with Crippen LogP contribution in [0.25, 0.3) is 0 Å². The third-order valence-electron chi connectivity index (χ3n) is 12.9. The van der Waals surface area contributed by atoms with Crippen molar-refractivity contribution < 1.29 is 34.2 Å². The van der Waals surface area contributed by atoms with E-state index in [1.165, 1.54) is 25.1 Å². The highest BCUT2D eigenvalue weighted by molar-refractivity contribution is 7.84. The predicted molar refractivity (Wildman–Crippen MR) is 272 cm³/mol. The summed E-state index contributed by atoms with van der Waals surface area (Å²) in [7, 11) is -1.41. The van der Waals surface area contributed by atoms with E-state index < -0.39 is 16.7 Å². The maximum atomic E-state index is 13.0. The summed E-state index contributed by atoms with van der Waals surface area (Å²) in [5.41, 5.74) is 3.43. The van der Waals surface area contributed by atoms with Crippen LogP contribution in [-0.2, 0) is 50.2 Å². The Morgan fingerprint density at radius 3 is 1.68 bits per heavy atom. The van der Waals surface area contributed by atoms with Crippen molar-refractivity contribution in [3.63, 3.8) is 0 Å². The highest BCUT2D eigenvalue weighted by Crippen LogP contribution is 2.50. The van der Waals surface area contributed by atoms with Gasteiger partial charge in [0.2, 0.25) is 11.1 Å². The molecular weight excluding hydrogens is 1000 g/mol. The molecule has 21 nitrogen and oxygen atoms in total. The normalized spacial score (nSPS) is 20.2. The quantitative estimate of drug-likeness (QED) is 0.0559. The van der Waals surface area contributed by atoms with E-state index in [1.54, 1.807) is 67.3 Å². The Bertz CT molecular complexity index is 2880. The maximum Gasteiger partial charge on any atom is 0.256 e. The lowest BCUT2D eigenvalue weighted by Crippen LogP contribution is -2.37. The molecule has 2 saturated heterocycles. The molecule has 2 saturated carbocycles. The van der Waals surface area contributed by atoms with Gasteiger partial charge in [-0.05, 0) is 89.6 Å². The van der Waals surface area contributed by atoms with Crippen LogP contribution in [0, 0.1) is 23.7 Å². The lowest BCUT2D eigenvalue weighted by atomic mass is 10.1. The van der Waals surface area contributed by atoms with E-state index in [4.69, 9.17) is 28.3 Å². The molecule has 2 aliphatic carbocycles. The molecule has 6 heterocycles. The fraction of sp³-hybridized carbons (Fsp3) is 0.388. The first kappa shape index (κ1) is 52.9. The van der Waals surface area contributed by atoms with Crippen LogP contribution in [0.2, 0.25) is 10.0 Å². The molecule has 0 bridgehead atoms. The largest absolute Gasteiger partial charge is 0.395 e. The molecule has 0 radical (unpaired) electrons. The SMILES string of the molecule is CS(=O)c1ncc(C(=O)NCc2ncccn2)c(NCc2ccc(CO)c(Cl)c2)n1.O=C(NCc1ncccn1)c1cnc(N2CC3CC3C2CO)nc1NCc1ccc(CO)c(Cl)c1.OCC1NCC2CC21. The Labute approximate surface area is 433 Å². The minimum absolute atomic E-state index is 0.00686. The fourth-order valence-corrected chi connectivity index (χ4v) is 9.63. The van der Waals surface area contributed by atoms with Crippen molar-refractivity contribution in [1.29, 1.82) is 0 Å². The fourth-order valence-electron chi connectivity index (χ4n) is 8.69. The van der Waals surface area contributed by atoms with Crippen molar-refractivity contribution >= 4 is 63.4 Å². The summed E-state index contributed by atoms with van der Waals surface area (Å²) in [6.07, 6.45) is 13.2. The molecule has 2 aromatic carbocycles. The van der Waals surface area contributed by atoms with Gasteiger partial charge in [0.05, 0.1) is 56.4 Å². The Morgan fingerprint density at radius 2 is 1.23 bits per heavy atom. The van der Waals surface area contributed by atoms with Gasteiger partial charge in [-0.25, -0.2) is 34.9 Å². The summed E-state index contributed by atoms with van der Waals surface area (Å²) in [6, 6.07) is 14.5. The Morgan fingerprint density at radius 1 is 0.699 bits per heavy atom.